The molecule has 4 N–H and O–H groups in total. The standard InChI is InChI=1S/C23H19F3N4O3/c1-33-12-13-5-7-14(8-6-13)17-10-19-20(11-18(17)23(24,25)26)29-22(28-19)27-16-4-2-3-15(9-16)21(31)30-32/h2-11,32H,12H2,1H3,(H,30,31)(H2,27,28,29). The van der Waals surface area contributed by atoms with Crippen molar-refractivity contribution in [1.82, 2.24) is 15.4 Å². The van der Waals surface area contributed by atoms with Crippen molar-refractivity contribution in [3.63, 3.8) is 0 Å². The largest absolute Gasteiger partial charge is 0.417 e. The van der Waals surface area contributed by atoms with Crippen LogP contribution in [0.3, 0.4) is 0 Å². The van der Waals surface area contributed by atoms with Gasteiger partial charge in [-0.15, -0.1) is 0 Å². The summed E-state index contributed by atoms with van der Waals surface area (Å²) < 4.78 is 46.6. The number of hydrogen-bond donors (Lipinski definition) is 4. The number of ether oxygens (including phenoxy) is 1. The van der Waals surface area contributed by atoms with E-state index in [1.54, 1.807) is 49.0 Å². The molecule has 33 heavy (non-hydrogen) atoms. The number of benzene rings is 3. The van der Waals surface area contributed by atoms with Gasteiger partial charge in [0.15, 0.2) is 0 Å². The Kier molecular flexibility index (Phi) is 6.03. The molecule has 0 unspecified atom stereocenters. The Morgan fingerprint density at radius 3 is 2.55 bits per heavy atom. The molecule has 10 heteroatoms. The molecule has 0 atom stereocenters. The molecule has 7 nitrogen and oxygen atoms in total. The molecule has 0 saturated carbocycles. The third kappa shape index (κ3) is 4.81. The number of hydroxylamine groups is 1. The number of aromatic amines is 1. The monoisotopic (exact) mass is 456 g/mol. The van der Waals surface area contributed by atoms with Gasteiger partial charge >= 0.3 is 6.18 Å². The third-order valence-corrected chi connectivity index (χ3v) is 4.99. The van der Waals surface area contributed by atoms with Crippen LogP contribution in [0.15, 0.2) is 60.7 Å². The molecule has 0 saturated heterocycles. The number of alkyl halides is 3. The van der Waals surface area contributed by atoms with E-state index < -0.39 is 17.6 Å². The highest BCUT2D eigenvalue weighted by Gasteiger charge is 2.34. The highest BCUT2D eigenvalue weighted by Crippen LogP contribution is 2.39. The van der Waals surface area contributed by atoms with Gasteiger partial charge in [0.1, 0.15) is 0 Å². The minimum atomic E-state index is -4.58. The van der Waals surface area contributed by atoms with E-state index in [9.17, 15) is 18.0 Å². The Morgan fingerprint density at radius 1 is 1.12 bits per heavy atom. The topological polar surface area (TPSA) is 99.3 Å². The second-order valence-electron chi connectivity index (χ2n) is 7.27. The van der Waals surface area contributed by atoms with Crippen LogP contribution in [0.1, 0.15) is 21.5 Å². The summed E-state index contributed by atoms with van der Waals surface area (Å²) in [4.78, 5) is 18.8. The Labute approximate surface area is 186 Å². The fourth-order valence-electron chi connectivity index (χ4n) is 3.48. The molecular weight excluding hydrogens is 437 g/mol. The van der Waals surface area contributed by atoms with E-state index >= 15 is 0 Å². The van der Waals surface area contributed by atoms with E-state index in [2.05, 4.69) is 15.3 Å². The van der Waals surface area contributed by atoms with E-state index in [-0.39, 0.29) is 22.6 Å². The summed E-state index contributed by atoms with van der Waals surface area (Å²) in [5.74, 6) is -0.494. The van der Waals surface area contributed by atoms with Gasteiger partial charge in [0.05, 0.1) is 23.2 Å². The lowest BCUT2D eigenvalue weighted by atomic mass is 9.97. The maximum atomic E-state index is 13.8. The molecule has 4 rings (SSSR count). The maximum Gasteiger partial charge on any atom is 0.417 e. The first-order valence-corrected chi connectivity index (χ1v) is 9.79. The molecule has 0 aliphatic rings. The minimum Gasteiger partial charge on any atom is -0.380 e. The van der Waals surface area contributed by atoms with Gasteiger partial charge in [0, 0.05) is 18.4 Å². The molecule has 0 aliphatic heterocycles. The van der Waals surface area contributed by atoms with E-state index in [0.29, 0.717) is 23.4 Å². The van der Waals surface area contributed by atoms with Crippen LogP contribution < -0.4 is 10.8 Å². The first-order chi connectivity index (χ1) is 15.8. The summed E-state index contributed by atoms with van der Waals surface area (Å²) in [6, 6.07) is 15.3. The number of carbonyl (C=O) groups is 1. The van der Waals surface area contributed by atoms with Crippen molar-refractivity contribution in [1.29, 1.82) is 0 Å². The molecule has 0 aliphatic carbocycles. The molecule has 0 bridgehead atoms. The second-order valence-corrected chi connectivity index (χ2v) is 7.27. The highest BCUT2D eigenvalue weighted by atomic mass is 19.4. The Hall–Kier alpha value is -3.89. The van der Waals surface area contributed by atoms with Gasteiger partial charge in [-0.25, -0.2) is 10.5 Å². The van der Waals surface area contributed by atoms with Gasteiger partial charge in [-0.1, -0.05) is 30.3 Å². The van der Waals surface area contributed by atoms with E-state index in [0.717, 1.165) is 11.6 Å². The lowest BCUT2D eigenvalue weighted by molar-refractivity contribution is -0.137. The number of fused-ring (bicyclic) bond motifs is 1. The summed E-state index contributed by atoms with van der Waals surface area (Å²) in [6.07, 6.45) is -4.58. The normalized spacial score (nSPS) is 11.5. The number of H-pyrrole nitrogens is 1. The van der Waals surface area contributed by atoms with Crippen LogP contribution in [-0.2, 0) is 17.5 Å². The molecular formula is C23H19F3N4O3. The molecule has 4 aromatic rings. The molecule has 1 heterocycles. The number of nitrogens with one attached hydrogen (secondary N) is 3. The quantitative estimate of drug-likeness (QED) is 0.234. The van der Waals surface area contributed by atoms with Gasteiger partial charge in [-0.2, -0.15) is 13.2 Å². The first kappa shape index (κ1) is 22.3. The fraction of sp³-hybridized carbons (Fsp3) is 0.130. The number of hydrogen-bond acceptors (Lipinski definition) is 5. The Morgan fingerprint density at radius 2 is 1.88 bits per heavy atom. The molecule has 0 spiro atoms. The number of methoxy groups -OCH3 is 1. The predicted molar refractivity (Wildman–Crippen MR) is 116 cm³/mol. The van der Waals surface area contributed by atoms with E-state index in [4.69, 9.17) is 9.94 Å². The molecule has 3 aromatic carbocycles. The molecule has 1 amide bonds. The second kappa shape index (κ2) is 8.93. The van der Waals surface area contributed by atoms with Crippen LogP contribution in [0, 0.1) is 0 Å². The molecule has 1 aromatic heterocycles. The number of anilines is 2. The Balaban J connectivity index is 1.73. The molecule has 0 fully saturated rings. The van der Waals surface area contributed by atoms with Crippen LogP contribution in [0.4, 0.5) is 24.8 Å². The van der Waals surface area contributed by atoms with Gasteiger partial charge in [0.2, 0.25) is 5.95 Å². The number of halogens is 3. The zero-order valence-electron chi connectivity index (χ0n) is 17.3. The summed E-state index contributed by atoms with van der Waals surface area (Å²) >= 11 is 0. The lowest BCUT2D eigenvalue weighted by Gasteiger charge is -2.13. The van der Waals surface area contributed by atoms with Gasteiger partial charge in [-0.3, -0.25) is 10.0 Å². The summed E-state index contributed by atoms with van der Waals surface area (Å²) in [6.45, 7) is 0.363. The highest BCUT2D eigenvalue weighted by molar-refractivity contribution is 5.94. The van der Waals surface area contributed by atoms with Crippen LogP contribution in [0.5, 0.6) is 0 Å². The average molecular weight is 456 g/mol. The van der Waals surface area contributed by atoms with Crippen molar-refractivity contribution >= 4 is 28.6 Å². The summed E-state index contributed by atoms with van der Waals surface area (Å²) in [5, 5.41) is 11.7. The van der Waals surface area contributed by atoms with Crippen molar-refractivity contribution in [3.05, 3.63) is 77.4 Å². The lowest BCUT2D eigenvalue weighted by Crippen LogP contribution is -2.18. The first-order valence-electron chi connectivity index (χ1n) is 9.79. The van der Waals surface area contributed by atoms with Gasteiger partial charge < -0.3 is 15.0 Å². The van der Waals surface area contributed by atoms with Gasteiger partial charge in [-0.05, 0) is 47.0 Å². The van der Waals surface area contributed by atoms with Crippen molar-refractivity contribution in [3.8, 4) is 11.1 Å². The maximum absolute atomic E-state index is 13.8. The Bertz CT molecular complexity index is 1300. The fourth-order valence-corrected chi connectivity index (χ4v) is 3.48. The SMILES string of the molecule is COCc1ccc(-c2cc3[nH]c(Nc4cccc(C(=O)NO)c4)nc3cc2C(F)(F)F)cc1. The number of aromatic nitrogens is 2. The summed E-state index contributed by atoms with van der Waals surface area (Å²) in [5.41, 5.74) is 3.22. The van der Waals surface area contributed by atoms with Crippen LogP contribution in [0.25, 0.3) is 22.2 Å². The van der Waals surface area contributed by atoms with Crippen molar-refractivity contribution in [2.24, 2.45) is 0 Å². The number of rotatable bonds is 6. The van der Waals surface area contributed by atoms with Crippen molar-refractivity contribution in [2.75, 3.05) is 12.4 Å². The predicted octanol–water partition coefficient (Wildman–Crippen LogP) is 5.26. The molecule has 170 valence electrons. The number of nitrogens with zero attached hydrogens (tertiary/aromatic N) is 1. The summed E-state index contributed by atoms with van der Waals surface area (Å²) in [7, 11) is 1.55. The molecule has 0 radical (unpaired) electrons. The van der Waals surface area contributed by atoms with E-state index in [1.165, 1.54) is 18.2 Å². The third-order valence-electron chi connectivity index (χ3n) is 4.99. The smallest absolute Gasteiger partial charge is 0.380 e. The van der Waals surface area contributed by atoms with Crippen LogP contribution in [0.2, 0.25) is 0 Å². The minimum absolute atomic E-state index is 0.0239. The van der Waals surface area contributed by atoms with Crippen molar-refractivity contribution < 1.29 is 27.9 Å². The number of imidazole rings is 1. The van der Waals surface area contributed by atoms with Crippen LogP contribution in [-0.4, -0.2) is 28.2 Å². The van der Waals surface area contributed by atoms with Gasteiger partial charge in [0.25, 0.3) is 5.91 Å². The number of amides is 1. The number of carbonyl (C=O) groups excluding carboxylic acids is 1. The van der Waals surface area contributed by atoms with Crippen LogP contribution >= 0.6 is 0 Å². The zero-order valence-corrected chi connectivity index (χ0v) is 17.3. The zero-order chi connectivity index (χ0) is 23.6. The van der Waals surface area contributed by atoms with E-state index in [1.807, 2.05) is 0 Å². The average Bonchev–Trinajstić information content (AvgIpc) is 3.19. The van der Waals surface area contributed by atoms with Crippen molar-refractivity contribution in [2.45, 2.75) is 12.8 Å².